The number of nitrogens with one attached hydrogen (secondary N) is 1. The maximum absolute atomic E-state index is 12.9. The zero-order valence-corrected chi connectivity index (χ0v) is 17.7. The number of fused-ring (bicyclic) bond motifs is 3. The van der Waals surface area contributed by atoms with Gasteiger partial charge in [-0.15, -0.1) is 0 Å². The number of methoxy groups -OCH3 is 1. The first-order valence-corrected chi connectivity index (χ1v) is 9.72. The van der Waals surface area contributed by atoms with Crippen LogP contribution in [0.3, 0.4) is 0 Å². The molecule has 3 heterocycles. The number of aryl methyl sites for hydroxylation is 1. The van der Waals surface area contributed by atoms with Crippen LogP contribution in [0, 0.1) is 0 Å². The molecule has 0 saturated heterocycles. The third kappa shape index (κ3) is 3.04. The molecule has 30 heavy (non-hydrogen) atoms. The summed E-state index contributed by atoms with van der Waals surface area (Å²) in [7, 11) is 4.73. The van der Waals surface area contributed by atoms with Gasteiger partial charge in [0.15, 0.2) is 11.2 Å². The molecule has 1 atom stereocenters. The van der Waals surface area contributed by atoms with Gasteiger partial charge in [-0.25, -0.2) is 9.80 Å². The van der Waals surface area contributed by atoms with E-state index in [-0.39, 0.29) is 11.6 Å². The van der Waals surface area contributed by atoms with Gasteiger partial charge in [-0.3, -0.25) is 18.5 Å². The smallest absolute Gasteiger partial charge is 0.332 e. The van der Waals surface area contributed by atoms with Gasteiger partial charge in [0.05, 0.1) is 25.4 Å². The third-order valence-electron chi connectivity index (χ3n) is 5.50. The summed E-state index contributed by atoms with van der Waals surface area (Å²) in [6.45, 7) is 5.02. The summed E-state index contributed by atoms with van der Waals surface area (Å²) in [6, 6.07) is 7.54. The zero-order chi connectivity index (χ0) is 21.6. The fourth-order valence-corrected chi connectivity index (χ4v) is 3.65. The van der Waals surface area contributed by atoms with Crippen molar-refractivity contribution in [3.8, 4) is 5.75 Å². The SMILES string of the molecule is COc1cccc(NCCN2N=C(C)[C@@H](C)n3c2nc2c3c(=O)n(C)c(=O)n2C)c1. The topological polar surface area (TPSA) is 98.7 Å². The van der Waals surface area contributed by atoms with Gasteiger partial charge < -0.3 is 10.1 Å². The van der Waals surface area contributed by atoms with Crippen molar-refractivity contribution in [3.63, 3.8) is 0 Å². The van der Waals surface area contributed by atoms with Gasteiger partial charge in [0.2, 0.25) is 5.95 Å². The molecule has 1 aliphatic heterocycles. The Morgan fingerprint density at radius 2 is 1.97 bits per heavy atom. The van der Waals surface area contributed by atoms with E-state index in [2.05, 4.69) is 15.4 Å². The quantitative estimate of drug-likeness (QED) is 0.680. The average molecular weight is 411 g/mol. The predicted molar refractivity (Wildman–Crippen MR) is 117 cm³/mol. The van der Waals surface area contributed by atoms with Crippen molar-refractivity contribution in [2.24, 2.45) is 19.2 Å². The molecule has 2 aromatic heterocycles. The van der Waals surface area contributed by atoms with Crippen LogP contribution in [0.15, 0.2) is 39.0 Å². The van der Waals surface area contributed by atoms with Crippen LogP contribution in [0.1, 0.15) is 19.9 Å². The normalized spacial score (nSPS) is 15.8. The van der Waals surface area contributed by atoms with Crippen molar-refractivity contribution in [2.75, 3.05) is 30.5 Å². The van der Waals surface area contributed by atoms with Crippen LogP contribution in [-0.4, -0.2) is 44.6 Å². The van der Waals surface area contributed by atoms with Crippen molar-refractivity contribution in [3.05, 3.63) is 45.1 Å². The minimum absolute atomic E-state index is 0.141. The monoisotopic (exact) mass is 411 g/mol. The number of benzene rings is 1. The predicted octanol–water partition coefficient (Wildman–Crippen LogP) is 1.31. The summed E-state index contributed by atoms with van der Waals surface area (Å²) in [5.41, 5.74) is 1.80. The zero-order valence-electron chi connectivity index (χ0n) is 17.7. The second-order valence-corrected chi connectivity index (χ2v) is 7.36. The molecule has 0 fully saturated rings. The van der Waals surface area contributed by atoms with E-state index >= 15 is 0 Å². The van der Waals surface area contributed by atoms with Gasteiger partial charge in [-0.05, 0) is 26.0 Å². The van der Waals surface area contributed by atoms with Crippen LogP contribution in [0.5, 0.6) is 5.75 Å². The Kier molecular flexibility index (Phi) is 4.84. The lowest BCUT2D eigenvalue weighted by Crippen LogP contribution is -2.39. The number of ether oxygens (including phenoxy) is 1. The molecule has 0 bridgehead atoms. The van der Waals surface area contributed by atoms with E-state index in [9.17, 15) is 9.59 Å². The van der Waals surface area contributed by atoms with Gasteiger partial charge in [0.1, 0.15) is 5.75 Å². The van der Waals surface area contributed by atoms with E-state index in [1.165, 1.54) is 11.6 Å². The van der Waals surface area contributed by atoms with Crippen molar-refractivity contribution < 1.29 is 4.74 Å². The molecule has 0 saturated carbocycles. The minimum atomic E-state index is -0.403. The summed E-state index contributed by atoms with van der Waals surface area (Å²) in [6.07, 6.45) is 0. The van der Waals surface area contributed by atoms with E-state index in [4.69, 9.17) is 4.74 Å². The minimum Gasteiger partial charge on any atom is -0.497 e. The molecule has 10 heteroatoms. The number of nitrogens with zero attached hydrogens (tertiary/aromatic N) is 6. The van der Waals surface area contributed by atoms with E-state index in [0.29, 0.717) is 30.2 Å². The number of hydrazone groups is 1. The summed E-state index contributed by atoms with van der Waals surface area (Å²) in [5, 5.41) is 9.79. The molecule has 0 aliphatic carbocycles. The molecule has 0 radical (unpaired) electrons. The Hall–Kier alpha value is -3.56. The van der Waals surface area contributed by atoms with Crippen molar-refractivity contribution >= 4 is 28.5 Å². The highest BCUT2D eigenvalue weighted by atomic mass is 16.5. The van der Waals surface area contributed by atoms with Gasteiger partial charge in [0, 0.05) is 32.4 Å². The highest BCUT2D eigenvalue weighted by Gasteiger charge is 2.30. The van der Waals surface area contributed by atoms with Crippen LogP contribution >= 0.6 is 0 Å². The fraction of sp³-hybridized carbons (Fsp3) is 0.400. The lowest BCUT2D eigenvalue weighted by molar-refractivity contribution is 0.415. The van der Waals surface area contributed by atoms with Gasteiger partial charge in [-0.1, -0.05) is 6.07 Å². The lowest BCUT2D eigenvalue weighted by atomic mass is 10.2. The third-order valence-corrected chi connectivity index (χ3v) is 5.50. The molecular weight excluding hydrogens is 386 g/mol. The van der Waals surface area contributed by atoms with Crippen LogP contribution in [0.25, 0.3) is 11.2 Å². The number of anilines is 2. The number of hydrogen-bond acceptors (Lipinski definition) is 7. The molecule has 1 aliphatic rings. The molecular formula is C20H25N7O3. The van der Waals surface area contributed by atoms with E-state index < -0.39 is 5.69 Å². The molecule has 3 aromatic rings. The molecule has 0 amide bonds. The highest BCUT2D eigenvalue weighted by molar-refractivity contribution is 5.91. The second-order valence-electron chi connectivity index (χ2n) is 7.36. The number of rotatable bonds is 5. The van der Waals surface area contributed by atoms with Crippen LogP contribution < -0.4 is 26.3 Å². The Balaban J connectivity index is 1.70. The number of aromatic nitrogens is 4. The summed E-state index contributed by atoms with van der Waals surface area (Å²) in [5.74, 6) is 1.33. The van der Waals surface area contributed by atoms with E-state index in [0.717, 1.165) is 21.7 Å². The summed E-state index contributed by atoms with van der Waals surface area (Å²) >= 11 is 0. The van der Waals surface area contributed by atoms with Crippen molar-refractivity contribution in [1.82, 2.24) is 18.7 Å². The first kappa shape index (κ1) is 19.7. The highest BCUT2D eigenvalue weighted by Crippen LogP contribution is 2.29. The molecule has 10 nitrogen and oxygen atoms in total. The molecule has 0 unspecified atom stereocenters. The number of hydrogen-bond donors (Lipinski definition) is 1. The number of imidazole rings is 1. The largest absolute Gasteiger partial charge is 0.497 e. The molecule has 1 aromatic carbocycles. The van der Waals surface area contributed by atoms with Crippen molar-refractivity contribution in [1.29, 1.82) is 0 Å². The maximum Gasteiger partial charge on any atom is 0.332 e. The molecule has 4 rings (SSSR count). The first-order valence-electron chi connectivity index (χ1n) is 9.72. The van der Waals surface area contributed by atoms with Gasteiger partial charge in [0.25, 0.3) is 5.56 Å². The van der Waals surface area contributed by atoms with Gasteiger partial charge in [-0.2, -0.15) is 10.1 Å². The van der Waals surface area contributed by atoms with Crippen LogP contribution in [-0.2, 0) is 14.1 Å². The van der Waals surface area contributed by atoms with Gasteiger partial charge >= 0.3 is 5.69 Å². The second kappa shape index (κ2) is 7.36. The Morgan fingerprint density at radius 1 is 1.20 bits per heavy atom. The average Bonchev–Trinajstić information content (AvgIpc) is 3.15. The maximum atomic E-state index is 12.9. The summed E-state index contributed by atoms with van der Waals surface area (Å²) in [4.78, 5) is 29.8. The van der Waals surface area contributed by atoms with E-state index in [1.807, 2.05) is 42.7 Å². The fourth-order valence-electron chi connectivity index (χ4n) is 3.65. The lowest BCUT2D eigenvalue weighted by Gasteiger charge is -2.29. The van der Waals surface area contributed by atoms with Crippen LogP contribution in [0.2, 0.25) is 0 Å². The summed E-state index contributed by atoms with van der Waals surface area (Å²) < 4.78 is 9.63. The standard InChI is InChI=1S/C20H25N7O3/c1-12-13(2)27-16-17(24(3)20(29)25(4)18(16)28)22-19(27)26(23-12)10-9-21-14-7-6-8-15(11-14)30-5/h6-8,11,13,21H,9-10H2,1-5H3/t13-/m1/s1. The Labute approximate surface area is 173 Å². The first-order chi connectivity index (χ1) is 14.3. The molecule has 158 valence electrons. The molecule has 1 N–H and O–H groups in total. The van der Waals surface area contributed by atoms with Crippen LogP contribution in [0.4, 0.5) is 11.6 Å². The molecule has 0 spiro atoms. The Bertz CT molecular complexity index is 1270. The van der Waals surface area contributed by atoms with E-state index in [1.54, 1.807) is 19.2 Å². The Morgan fingerprint density at radius 3 is 2.70 bits per heavy atom. The van der Waals surface area contributed by atoms with Crippen molar-refractivity contribution in [2.45, 2.75) is 19.9 Å².